The molecular formula is C24H25F4NO2S. The molecule has 0 aromatic heterocycles. The summed E-state index contributed by atoms with van der Waals surface area (Å²) in [4.78, 5) is 10.9. The summed E-state index contributed by atoms with van der Waals surface area (Å²) >= 11 is 1.29. The summed E-state index contributed by atoms with van der Waals surface area (Å²) in [6, 6.07) is 7.01. The maximum Gasteiger partial charge on any atom is 0.419 e. The number of nitrogens with zero attached hydrogens (tertiary/aromatic N) is 1. The van der Waals surface area contributed by atoms with Crippen LogP contribution in [0.1, 0.15) is 47.2 Å². The molecule has 0 aliphatic heterocycles. The molecule has 0 atom stereocenters. The Morgan fingerprint density at radius 2 is 1.75 bits per heavy atom. The highest BCUT2D eigenvalue weighted by Crippen LogP contribution is 2.36. The Hall–Kier alpha value is -2.61. The number of allylic oxidation sites excluding steroid dienone is 2. The van der Waals surface area contributed by atoms with Crippen molar-refractivity contribution in [2.24, 2.45) is 0 Å². The number of alkyl halides is 3. The minimum atomic E-state index is -4.75. The molecule has 0 unspecified atom stereocenters. The third-order valence-corrected chi connectivity index (χ3v) is 6.28. The Morgan fingerprint density at radius 1 is 1.12 bits per heavy atom. The molecule has 2 rings (SSSR count). The summed E-state index contributed by atoms with van der Waals surface area (Å²) in [5.41, 5.74) is 4.10. The van der Waals surface area contributed by atoms with Crippen LogP contribution in [0, 0.1) is 29.8 Å². The van der Waals surface area contributed by atoms with Gasteiger partial charge in [-0.05, 0) is 79.5 Å². The van der Waals surface area contributed by atoms with Gasteiger partial charge in [-0.15, -0.1) is 0 Å². The first-order valence-corrected chi connectivity index (χ1v) is 10.9. The maximum absolute atomic E-state index is 13.6. The van der Waals surface area contributed by atoms with E-state index in [-0.39, 0.29) is 11.5 Å². The number of benzene rings is 2. The Bertz CT molecular complexity index is 1060. The lowest BCUT2D eigenvalue weighted by atomic mass is 9.95. The molecule has 3 nitrogen and oxygen atoms in total. The number of aryl methyl sites for hydroxylation is 2. The van der Waals surface area contributed by atoms with E-state index >= 15 is 0 Å². The fourth-order valence-electron chi connectivity index (χ4n) is 3.31. The summed E-state index contributed by atoms with van der Waals surface area (Å²) in [6.45, 7) is 7.43. The van der Waals surface area contributed by atoms with Crippen molar-refractivity contribution in [2.45, 2.75) is 46.7 Å². The first kappa shape index (κ1) is 25.6. The molecule has 0 saturated carbocycles. The Labute approximate surface area is 189 Å². The first-order valence-electron chi connectivity index (χ1n) is 9.99. The Kier molecular flexibility index (Phi) is 8.66. The Balaban J connectivity index is 2.17. The second kappa shape index (κ2) is 10.8. The van der Waals surface area contributed by atoms with Gasteiger partial charge in [0.25, 0.3) is 0 Å². The van der Waals surface area contributed by atoms with Crippen molar-refractivity contribution in [3.63, 3.8) is 0 Å². The van der Waals surface area contributed by atoms with Crippen LogP contribution in [-0.2, 0) is 19.0 Å². The number of halogens is 4. The van der Waals surface area contributed by atoms with E-state index in [0.29, 0.717) is 23.3 Å². The van der Waals surface area contributed by atoms with Crippen LogP contribution in [0.4, 0.5) is 17.6 Å². The molecule has 0 radical (unpaired) electrons. The van der Waals surface area contributed by atoms with Gasteiger partial charge >= 0.3 is 6.18 Å². The number of hydrogen-bond donors (Lipinski definition) is 0. The lowest BCUT2D eigenvalue weighted by Crippen LogP contribution is -2.08. The van der Waals surface area contributed by atoms with Crippen LogP contribution in [0.5, 0.6) is 0 Å². The number of nitro groups is 1. The summed E-state index contributed by atoms with van der Waals surface area (Å²) in [5, 5.41) is 12.5. The van der Waals surface area contributed by atoms with Gasteiger partial charge in [0.2, 0.25) is 6.54 Å². The normalized spacial score (nSPS) is 12.9. The van der Waals surface area contributed by atoms with Crippen molar-refractivity contribution in [2.75, 3.05) is 6.54 Å². The molecule has 8 heteroatoms. The van der Waals surface area contributed by atoms with Crippen LogP contribution in [0.25, 0.3) is 4.91 Å². The van der Waals surface area contributed by atoms with Gasteiger partial charge in [-0.3, -0.25) is 10.1 Å². The molecule has 172 valence electrons. The zero-order chi connectivity index (χ0) is 24.1. The lowest BCUT2D eigenvalue weighted by molar-refractivity contribution is -0.479. The minimum absolute atomic E-state index is 0.110. The SMILES string of the molecule is C/C=C(\S/C=C(\C)Cc1cc(C)c(CC[N+](=O)[O-])cc1C)c1ccc(F)c(C(F)(F)F)c1. The van der Waals surface area contributed by atoms with Crippen LogP contribution < -0.4 is 0 Å². The van der Waals surface area contributed by atoms with E-state index in [2.05, 4.69) is 0 Å². The van der Waals surface area contributed by atoms with Crippen molar-refractivity contribution < 1.29 is 22.5 Å². The largest absolute Gasteiger partial charge is 0.419 e. The van der Waals surface area contributed by atoms with Gasteiger partial charge in [0.05, 0.1) is 5.56 Å². The monoisotopic (exact) mass is 467 g/mol. The highest BCUT2D eigenvalue weighted by atomic mass is 32.2. The molecule has 32 heavy (non-hydrogen) atoms. The van der Waals surface area contributed by atoms with E-state index in [1.54, 1.807) is 13.0 Å². The molecule has 0 spiro atoms. The zero-order valence-corrected chi connectivity index (χ0v) is 19.2. The minimum Gasteiger partial charge on any atom is -0.265 e. The zero-order valence-electron chi connectivity index (χ0n) is 18.3. The molecule has 0 heterocycles. The molecule has 0 bridgehead atoms. The van der Waals surface area contributed by atoms with E-state index < -0.39 is 17.6 Å². The van der Waals surface area contributed by atoms with Gasteiger partial charge in [-0.25, -0.2) is 4.39 Å². The van der Waals surface area contributed by atoms with Crippen molar-refractivity contribution in [3.8, 4) is 0 Å². The second-order valence-corrected chi connectivity index (χ2v) is 8.53. The van der Waals surface area contributed by atoms with Crippen LogP contribution in [-0.4, -0.2) is 11.5 Å². The standard InChI is InChI=1S/C24H25F4NO2S/c1-5-23(19-6-7-22(25)21(13-19)24(26,27)28)32-14-15(2)10-20-12-16(3)18(11-17(20)4)8-9-29(30)31/h5-7,11-14H,8-10H2,1-4H3/b15-14+,23-5-. The molecule has 0 aliphatic rings. The molecule has 0 N–H and O–H groups in total. The van der Waals surface area contributed by atoms with Gasteiger partial charge in [0.1, 0.15) is 5.82 Å². The number of hydrogen-bond acceptors (Lipinski definition) is 3. The van der Waals surface area contributed by atoms with Crippen LogP contribution in [0.3, 0.4) is 0 Å². The van der Waals surface area contributed by atoms with E-state index in [1.165, 1.54) is 17.8 Å². The van der Waals surface area contributed by atoms with Crippen LogP contribution >= 0.6 is 11.8 Å². The third kappa shape index (κ3) is 6.95. The first-order chi connectivity index (χ1) is 14.9. The van der Waals surface area contributed by atoms with Gasteiger partial charge < -0.3 is 0 Å². The van der Waals surface area contributed by atoms with Gasteiger partial charge in [0.15, 0.2) is 0 Å². The maximum atomic E-state index is 13.6. The average molecular weight is 468 g/mol. The van der Waals surface area contributed by atoms with Gasteiger partial charge in [-0.2, -0.15) is 13.2 Å². The summed E-state index contributed by atoms with van der Waals surface area (Å²) in [6.07, 6.45) is -2.03. The molecule has 0 saturated heterocycles. The molecule has 2 aromatic carbocycles. The highest BCUT2D eigenvalue weighted by Gasteiger charge is 2.34. The van der Waals surface area contributed by atoms with E-state index in [0.717, 1.165) is 40.0 Å². The molecule has 0 fully saturated rings. The Morgan fingerprint density at radius 3 is 2.34 bits per heavy atom. The number of thioether (sulfide) groups is 1. The van der Waals surface area contributed by atoms with Gasteiger partial charge in [0, 0.05) is 16.2 Å². The third-order valence-electron chi connectivity index (χ3n) is 5.03. The topological polar surface area (TPSA) is 43.1 Å². The molecular weight excluding hydrogens is 442 g/mol. The quantitative estimate of drug-likeness (QED) is 0.229. The van der Waals surface area contributed by atoms with Crippen molar-refractivity contribution in [3.05, 3.63) is 96.7 Å². The van der Waals surface area contributed by atoms with Gasteiger partial charge in [-0.1, -0.05) is 41.6 Å². The average Bonchev–Trinajstić information content (AvgIpc) is 2.70. The van der Waals surface area contributed by atoms with E-state index in [4.69, 9.17) is 0 Å². The van der Waals surface area contributed by atoms with E-state index in [1.807, 2.05) is 38.3 Å². The predicted octanol–water partition coefficient (Wildman–Crippen LogP) is 7.52. The second-order valence-electron chi connectivity index (χ2n) is 7.62. The van der Waals surface area contributed by atoms with Crippen molar-refractivity contribution >= 4 is 16.7 Å². The van der Waals surface area contributed by atoms with Crippen LogP contribution in [0.2, 0.25) is 0 Å². The fourth-order valence-corrected chi connectivity index (χ4v) is 4.12. The summed E-state index contributed by atoms with van der Waals surface area (Å²) in [7, 11) is 0. The number of rotatable bonds is 8. The summed E-state index contributed by atoms with van der Waals surface area (Å²) < 4.78 is 52.7. The highest BCUT2D eigenvalue weighted by molar-refractivity contribution is 8.10. The smallest absolute Gasteiger partial charge is 0.265 e. The van der Waals surface area contributed by atoms with E-state index in [9.17, 15) is 27.7 Å². The van der Waals surface area contributed by atoms with Crippen molar-refractivity contribution in [1.82, 2.24) is 0 Å². The lowest BCUT2D eigenvalue weighted by Gasteiger charge is -2.13. The molecule has 0 aliphatic carbocycles. The van der Waals surface area contributed by atoms with Crippen LogP contribution in [0.15, 0.2) is 47.4 Å². The predicted molar refractivity (Wildman–Crippen MR) is 122 cm³/mol. The molecule has 2 aromatic rings. The summed E-state index contributed by atoms with van der Waals surface area (Å²) in [5.74, 6) is -1.29. The van der Waals surface area contributed by atoms with Crippen molar-refractivity contribution in [1.29, 1.82) is 0 Å². The fraction of sp³-hybridized carbons (Fsp3) is 0.333. The molecule has 0 amide bonds.